The summed E-state index contributed by atoms with van der Waals surface area (Å²) in [6.07, 6.45) is 6.27. The first-order valence-corrected chi connectivity index (χ1v) is 5.78. The normalized spacial score (nSPS) is 22.3. The number of hydrogen-bond donors (Lipinski definition) is 1. The third-order valence-electron chi connectivity index (χ3n) is 3.25. The van der Waals surface area contributed by atoms with Crippen molar-refractivity contribution in [2.24, 2.45) is 5.92 Å². The minimum atomic E-state index is 0.753. The summed E-state index contributed by atoms with van der Waals surface area (Å²) in [6, 6.07) is 0. The van der Waals surface area contributed by atoms with Crippen LogP contribution in [0.25, 0.3) is 0 Å². The summed E-state index contributed by atoms with van der Waals surface area (Å²) < 4.78 is 1.93. The van der Waals surface area contributed by atoms with Gasteiger partial charge in [0.05, 0.1) is 18.4 Å². The van der Waals surface area contributed by atoms with Crippen LogP contribution in [0.1, 0.15) is 19.8 Å². The Hall–Kier alpha value is -1.03. The first kappa shape index (κ1) is 10.5. The van der Waals surface area contributed by atoms with Gasteiger partial charge in [0.15, 0.2) is 0 Å². The number of aromatic nitrogens is 2. The van der Waals surface area contributed by atoms with Gasteiger partial charge in [0.1, 0.15) is 0 Å². The van der Waals surface area contributed by atoms with Crippen molar-refractivity contribution in [1.29, 1.82) is 0 Å². The zero-order chi connectivity index (χ0) is 10.7. The molecule has 1 aromatic rings. The zero-order valence-corrected chi connectivity index (χ0v) is 9.39. The summed E-state index contributed by atoms with van der Waals surface area (Å²) in [5.74, 6) is 0.910. The summed E-state index contributed by atoms with van der Waals surface area (Å²) in [5.41, 5.74) is 6.36. The van der Waals surface area contributed by atoms with Gasteiger partial charge in [-0.15, -0.1) is 0 Å². The molecule has 1 aliphatic heterocycles. The summed E-state index contributed by atoms with van der Waals surface area (Å²) in [4.78, 5) is 2.52. The summed E-state index contributed by atoms with van der Waals surface area (Å²) in [5, 5.41) is 4.18. The van der Waals surface area contributed by atoms with E-state index in [1.165, 1.54) is 25.9 Å². The monoisotopic (exact) mass is 208 g/mol. The summed E-state index contributed by atoms with van der Waals surface area (Å²) in [6.45, 7) is 6.83. The van der Waals surface area contributed by atoms with E-state index in [1.54, 1.807) is 6.20 Å². The lowest BCUT2D eigenvalue weighted by molar-refractivity contribution is 0.302. The van der Waals surface area contributed by atoms with E-state index in [4.69, 9.17) is 5.73 Å². The predicted octanol–water partition coefficient (Wildman–Crippen LogP) is 1.20. The van der Waals surface area contributed by atoms with E-state index >= 15 is 0 Å². The van der Waals surface area contributed by atoms with Crippen LogP contribution in [-0.4, -0.2) is 34.3 Å². The Morgan fingerprint density at radius 3 is 3.00 bits per heavy atom. The molecule has 0 radical (unpaired) electrons. The molecule has 0 amide bonds. The largest absolute Gasteiger partial charge is 0.396 e. The number of likely N-dealkylation sites (tertiary alicyclic amines) is 1. The number of nitrogens with zero attached hydrogens (tertiary/aromatic N) is 3. The molecule has 0 spiro atoms. The minimum absolute atomic E-state index is 0.753. The second-order valence-corrected chi connectivity index (χ2v) is 4.40. The first-order chi connectivity index (χ1) is 7.28. The average molecular weight is 208 g/mol. The Kier molecular flexibility index (Phi) is 3.26. The Morgan fingerprint density at radius 2 is 2.40 bits per heavy atom. The summed E-state index contributed by atoms with van der Waals surface area (Å²) >= 11 is 0. The highest BCUT2D eigenvalue weighted by Crippen LogP contribution is 2.18. The van der Waals surface area contributed by atoms with Crippen LogP contribution in [0.4, 0.5) is 5.69 Å². The molecule has 1 atom stereocenters. The maximum absolute atomic E-state index is 5.61. The molecule has 1 aliphatic rings. The molecule has 2 heterocycles. The molecule has 1 aromatic heterocycles. The maximum Gasteiger partial charge on any atom is 0.0719 e. The van der Waals surface area contributed by atoms with Crippen molar-refractivity contribution in [2.45, 2.75) is 26.3 Å². The molecule has 0 aliphatic carbocycles. The molecule has 0 saturated carbocycles. The van der Waals surface area contributed by atoms with Crippen molar-refractivity contribution in [2.75, 3.05) is 25.4 Å². The van der Waals surface area contributed by atoms with Crippen molar-refractivity contribution in [3.05, 3.63) is 12.4 Å². The number of hydrogen-bond acceptors (Lipinski definition) is 3. The molecule has 2 rings (SSSR count). The molecule has 1 fully saturated rings. The van der Waals surface area contributed by atoms with Gasteiger partial charge in [0.25, 0.3) is 0 Å². The van der Waals surface area contributed by atoms with Crippen LogP contribution in [0, 0.1) is 5.92 Å². The number of nitrogens with two attached hydrogens (primary N) is 1. The minimum Gasteiger partial charge on any atom is -0.396 e. The van der Waals surface area contributed by atoms with Crippen LogP contribution in [0.15, 0.2) is 12.4 Å². The van der Waals surface area contributed by atoms with Crippen molar-refractivity contribution >= 4 is 5.69 Å². The Balaban J connectivity index is 1.75. The molecule has 2 N–H and O–H groups in total. The molecule has 0 aromatic carbocycles. The maximum atomic E-state index is 5.61. The molecule has 1 saturated heterocycles. The van der Waals surface area contributed by atoms with E-state index in [2.05, 4.69) is 16.9 Å². The van der Waals surface area contributed by atoms with Crippen molar-refractivity contribution in [3.63, 3.8) is 0 Å². The van der Waals surface area contributed by atoms with Crippen molar-refractivity contribution in [3.8, 4) is 0 Å². The molecule has 84 valence electrons. The fourth-order valence-corrected chi connectivity index (χ4v) is 2.19. The highest BCUT2D eigenvalue weighted by Gasteiger charge is 2.20. The van der Waals surface area contributed by atoms with Gasteiger partial charge in [-0.25, -0.2) is 0 Å². The van der Waals surface area contributed by atoms with Gasteiger partial charge in [-0.3, -0.25) is 4.68 Å². The summed E-state index contributed by atoms with van der Waals surface area (Å²) in [7, 11) is 0. The number of nitrogen functional groups attached to an aromatic ring is 1. The van der Waals surface area contributed by atoms with Crippen LogP contribution in [0.2, 0.25) is 0 Å². The van der Waals surface area contributed by atoms with E-state index in [1.807, 2.05) is 10.9 Å². The zero-order valence-electron chi connectivity index (χ0n) is 9.39. The van der Waals surface area contributed by atoms with Crippen LogP contribution in [0.3, 0.4) is 0 Å². The van der Waals surface area contributed by atoms with Gasteiger partial charge < -0.3 is 10.6 Å². The molecular weight excluding hydrogens is 188 g/mol. The Morgan fingerprint density at radius 1 is 1.53 bits per heavy atom. The highest BCUT2D eigenvalue weighted by atomic mass is 15.3. The third kappa shape index (κ3) is 2.72. The molecular formula is C11H20N4. The van der Waals surface area contributed by atoms with Crippen LogP contribution < -0.4 is 5.73 Å². The quantitative estimate of drug-likeness (QED) is 0.808. The van der Waals surface area contributed by atoms with Gasteiger partial charge in [0.2, 0.25) is 0 Å². The molecule has 0 bridgehead atoms. The van der Waals surface area contributed by atoms with Gasteiger partial charge in [0, 0.05) is 19.3 Å². The fraction of sp³-hybridized carbons (Fsp3) is 0.727. The van der Waals surface area contributed by atoms with E-state index < -0.39 is 0 Å². The van der Waals surface area contributed by atoms with Gasteiger partial charge >= 0.3 is 0 Å². The van der Waals surface area contributed by atoms with Gasteiger partial charge in [-0.05, 0) is 18.9 Å². The lowest BCUT2D eigenvalue weighted by atomic mass is 10.1. The number of anilines is 1. The third-order valence-corrected chi connectivity index (χ3v) is 3.25. The van der Waals surface area contributed by atoms with Crippen LogP contribution in [0.5, 0.6) is 0 Å². The van der Waals surface area contributed by atoms with E-state index in [0.29, 0.717) is 0 Å². The molecule has 15 heavy (non-hydrogen) atoms. The fourth-order valence-electron chi connectivity index (χ4n) is 2.19. The SMILES string of the molecule is CCC1CCN(CCn2cc(N)cn2)C1. The standard InChI is InChI=1S/C11H20N4/c1-2-10-3-4-14(8-10)5-6-15-9-11(12)7-13-15/h7,9-10H,2-6,8,12H2,1H3. The second kappa shape index (κ2) is 4.66. The number of rotatable bonds is 4. The predicted molar refractivity (Wildman–Crippen MR) is 61.5 cm³/mol. The smallest absolute Gasteiger partial charge is 0.0719 e. The van der Waals surface area contributed by atoms with Crippen LogP contribution >= 0.6 is 0 Å². The van der Waals surface area contributed by atoms with Gasteiger partial charge in [-0.2, -0.15) is 5.10 Å². The van der Waals surface area contributed by atoms with Gasteiger partial charge in [-0.1, -0.05) is 13.3 Å². The average Bonchev–Trinajstić information content (AvgIpc) is 2.83. The molecule has 4 nitrogen and oxygen atoms in total. The second-order valence-electron chi connectivity index (χ2n) is 4.40. The molecule has 1 unspecified atom stereocenters. The Bertz CT molecular complexity index is 307. The van der Waals surface area contributed by atoms with Crippen LogP contribution in [-0.2, 0) is 6.54 Å². The Labute approximate surface area is 91.1 Å². The topological polar surface area (TPSA) is 47.1 Å². The van der Waals surface area contributed by atoms with E-state index in [0.717, 1.165) is 24.7 Å². The van der Waals surface area contributed by atoms with E-state index in [9.17, 15) is 0 Å². The van der Waals surface area contributed by atoms with Crippen molar-refractivity contribution in [1.82, 2.24) is 14.7 Å². The lowest BCUT2D eigenvalue weighted by Gasteiger charge is -2.15. The highest BCUT2D eigenvalue weighted by molar-refractivity contribution is 5.30. The van der Waals surface area contributed by atoms with Crippen molar-refractivity contribution < 1.29 is 0 Å². The molecule has 4 heteroatoms. The van der Waals surface area contributed by atoms with E-state index in [-0.39, 0.29) is 0 Å². The lowest BCUT2D eigenvalue weighted by Crippen LogP contribution is -2.25. The first-order valence-electron chi connectivity index (χ1n) is 5.78.